The lowest BCUT2D eigenvalue weighted by Gasteiger charge is -2.61. The summed E-state index contributed by atoms with van der Waals surface area (Å²) in [4.78, 5) is 27.7. The maximum Gasteiger partial charge on any atom is 0.228 e. The fraction of sp³-hybridized carbons (Fsp3) is 0.600. The van der Waals surface area contributed by atoms with Crippen molar-refractivity contribution in [3.63, 3.8) is 0 Å². The lowest BCUT2D eigenvalue weighted by Crippen LogP contribution is -2.61. The Bertz CT molecular complexity index is 713. The van der Waals surface area contributed by atoms with Crippen LogP contribution < -0.4 is 5.32 Å². The third-order valence-electron chi connectivity index (χ3n) is 6.59. The molecule has 132 valence electrons. The molecule has 2 amide bonds. The van der Waals surface area contributed by atoms with Crippen LogP contribution in [0.2, 0.25) is 0 Å². The van der Waals surface area contributed by atoms with E-state index < -0.39 is 0 Å². The first-order chi connectivity index (χ1) is 12.1. The van der Waals surface area contributed by atoms with E-state index >= 15 is 0 Å². The standard InChI is InChI=1S/C20H24N2O2S/c23-18(15-11-25-12-15)21-17-10-22(19(24)20-7-13(8-20)9-20)6-5-14-3-1-2-4-16(14)17/h1-4,13,15,17H,5-12H2,(H,21,23). The molecule has 2 bridgehead atoms. The van der Waals surface area contributed by atoms with Crippen molar-refractivity contribution in [2.45, 2.75) is 31.7 Å². The van der Waals surface area contributed by atoms with E-state index in [9.17, 15) is 9.59 Å². The molecule has 2 heterocycles. The summed E-state index contributed by atoms with van der Waals surface area (Å²) < 4.78 is 0. The summed E-state index contributed by atoms with van der Waals surface area (Å²) in [5.41, 5.74) is 2.42. The van der Waals surface area contributed by atoms with Crippen molar-refractivity contribution in [1.82, 2.24) is 10.2 Å². The normalized spacial score (nSPS) is 33.2. The topological polar surface area (TPSA) is 49.4 Å². The molecule has 1 unspecified atom stereocenters. The first kappa shape index (κ1) is 15.7. The van der Waals surface area contributed by atoms with Gasteiger partial charge in [0, 0.05) is 24.6 Å². The molecule has 5 heteroatoms. The molecular formula is C20H24N2O2S. The Morgan fingerprint density at radius 1 is 1.16 bits per heavy atom. The van der Waals surface area contributed by atoms with Crippen molar-refractivity contribution in [1.29, 1.82) is 0 Å². The first-order valence-corrected chi connectivity index (χ1v) is 10.6. The van der Waals surface area contributed by atoms with Crippen LogP contribution in [0.25, 0.3) is 0 Å². The molecule has 4 nitrogen and oxygen atoms in total. The van der Waals surface area contributed by atoms with E-state index in [1.165, 1.54) is 11.1 Å². The highest BCUT2D eigenvalue weighted by Gasteiger charge is 2.62. The van der Waals surface area contributed by atoms with E-state index in [0.29, 0.717) is 12.5 Å². The molecule has 4 fully saturated rings. The Morgan fingerprint density at radius 2 is 1.92 bits per heavy atom. The van der Waals surface area contributed by atoms with E-state index in [2.05, 4.69) is 23.5 Å². The molecule has 0 radical (unpaired) electrons. The Balaban J connectivity index is 1.38. The molecule has 1 saturated heterocycles. The SMILES string of the molecule is O=C(NC1CN(C(=O)C23CC(C2)C3)CCc2ccccc21)C1CSC1. The molecule has 25 heavy (non-hydrogen) atoms. The zero-order chi connectivity index (χ0) is 17.0. The molecule has 1 aromatic rings. The van der Waals surface area contributed by atoms with Gasteiger partial charge in [0.1, 0.15) is 0 Å². The van der Waals surface area contributed by atoms with Crippen molar-refractivity contribution in [3.05, 3.63) is 35.4 Å². The summed E-state index contributed by atoms with van der Waals surface area (Å²) in [5, 5.41) is 3.26. The highest BCUT2D eigenvalue weighted by Crippen LogP contribution is 2.65. The molecule has 0 spiro atoms. The number of nitrogens with zero attached hydrogens (tertiary/aromatic N) is 1. The lowest BCUT2D eigenvalue weighted by atomic mass is 9.44. The van der Waals surface area contributed by atoms with E-state index in [-0.39, 0.29) is 23.3 Å². The van der Waals surface area contributed by atoms with Crippen molar-refractivity contribution in [3.8, 4) is 0 Å². The molecule has 3 saturated carbocycles. The average molecular weight is 356 g/mol. The molecule has 1 N–H and O–H groups in total. The first-order valence-electron chi connectivity index (χ1n) is 9.40. The zero-order valence-corrected chi connectivity index (χ0v) is 15.2. The second-order valence-electron chi connectivity index (χ2n) is 8.25. The number of fused-ring (bicyclic) bond motifs is 1. The van der Waals surface area contributed by atoms with Gasteiger partial charge in [0.05, 0.1) is 17.4 Å². The molecule has 2 aliphatic heterocycles. The Morgan fingerprint density at radius 3 is 2.56 bits per heavy atom. The van der Waals surface area contributed by atoms with Crippen molar-refractivity contribution >= 4 is 23.6 Å². The van der Waals surface area contributed by atoms with Crippen LogP contribution in [0.3, 0.4) is 0 Å². The van der Waals surface area contributed by atoms with Gasteiger partial charge in [-0.25, -0.2) is 0 Å². The zero-order valence-electron chi connectivity index (χ0n) is 14.4. The monoisotopic (exact) mass is 356 g/mol. The fourth-order valence-electron chi connectivity index (χ4n) is 4.83. The Labute approximate surface area is 152 Å². The Kier molecular flexibility index (Phi) is 3.63. The van der Waals surface area contributed by atoms with E-state index in [4.69, 9.17) is 0 Å². The molecule has 3 aliphatic carbocycles. The summed E-state index contributed by atoms with van der Waals surface area (Å²) in [7, 11) is 0. The summed E-state index contributed by atoms with van der Waals surface area (Å²) in [6.45, 7) is 1.39. The maximum atomic E-state index is 13.1. The number of rotatable bonds is 3. The number of nitrogens with one attached hydrogen (secondary N) is 1. The predicted molar refractivity (Wildman–Crippen MR) is 98.2 cm³/mol. The van der Waals surface area contributed by atoms with E-state index in [1.54, 1.807) is 0 Å². The summed E-state index contributed by atoms with van der Waals surface area (Å²) in [5.74, 6) is 3.28. The lowest BCUT2D eigenvalue weighted by molar-refractivity contribution is -0.177. The maximum absolute atomic E-state index is 13.1. The largest absolute Gasteiger partial charge is 0.347 e. The molecule has 5 aliphatic rings. The Hall–Kier alpha value is -1.49. The van der Waals surface area contributed by atoms with Crippen LogP contribution in [0.15, 0.2) is 24.3 Å². The van der Waals surface area contributed by atoms with Gasteiger partial charge < -0.3 is 10.2 Å². The van der Waals surface area contributed by atoms with Gasteiger partial charge >= 0.3 is 0 Å². The second-order valence-corrected chi connectivity index (χ2v) is 9.33. The third-order valence-corrected chi connectivity index (χ3v) is 7.87. The number of carbonyl (C=O) groups excluding carboxylic acids is 2. The van der Waals surface area contributed by atoms with Crippen molar-refractivity contribution in [2.75, 3.05) is 24.6 Å². The highest BCUT2D eigenvalue weighted by atomic mass is 32.2. The predicted octanol–water partition coefficient (Wildman–Crippen LogP) is 2.39. The van der Waals surface area contributed by atoms with Crippen molar-refractivity contribution in [2.24, 2.45) is 17.3 Å². The quantitative estimate of drug-likeness (QED) is 0.905. The van der Waals surface area contributed by atoms with Gasteiger partial charge in [-0.2, -0.15) is 11.8 Å². The average Bonchev–Trinajstić information content (AvgIpc) is 2.62. The number of hydrogen-bond donors (Lipinski definition) is 1. The van der Waals surface area contributed by atoms with Crippen LogP contribution in [-0.2, 0) is 16.0 Å². The van der Waals surface area contributed by atoms with Gasteiger partial charge in [-0.05, 0) is 42.7 Å². The highest BCUT2D eigenvalue weighted by molar-refractivity contribution is 8.00. The van der Waals surface area contributed by atoms with Gasteiger partial charge in [0.25, 0.3) is 0 Å². The van der Waals surface area contributed by atoms with Gasteiger partial charge in [-0.1, -0.05) is 24.3 Å². The van der Waals surface area contributed by atoms with Crippen LogP contribution in [0.4, 0.5) is 0 Å². The van der Waals surface area contributed by atoms with Crippen molar-refractivity contribution < 1.29 is 9.59 Å². The minimum Gasteiger partial charge on any atom is -0.347 e. The van der Waals surface area contributed by atoms with Crippen LogP contribution in [-0.4, -0.2) is 41.3 Å². The van der Waals surface area contributed by atoms with Crippen LogP contribution >= 0.6 is 11.8 Å². The summed E-state index contributed by atoms with van der Waals surface area (Å²) in [6.07, 6.45) is 4.15. The van der Waals surface area contributed by atoms with Crippen LogP contribution in [0, 0.1) is 17.3 Å². The molecule has 1 atom stereocenters. The molecular weight excluding hydrogens is 332 g/mol. The van der Waals surface area contributed by atoms with E-state index in [0.717, 1.165) is 49.7 Å². The van der Waals surface area contributed by atoms with Gasteiger partial charge in [0.15, 0.2) is 0 Å². The fourth-order valence-corrected chi connectivity index (χ4v) is 5.60. The minimum absolute atomic E-state index is 0.0413. The molecule has 1 aromatic carbocycles. The van der Waals surface area contributed by atoms with Gasteiger partial charge in [-0.15, -0.1) is 0 Å². The third kappa shape index (κ3) is 2.50. The molecule has 0 aromatic heterocycles. The molecule has 6 rings (SSSR count). The summed E-state index contributed by atoms with van der Waals surface area (Å²) in [6, 6.07) is 8.27. The number of carbonyl (C=O) groups is 2. The smallest absolute Gasteiger partial charge is 0.228 e. The number of benzene rings is 1. The van der Waals surface area contributed by atoms with Gasteiger partial charge in [-0.3, -0.25) is 9.59 Å². The second kappa shape index (κ2) is 5.76. The van der Waals surface area contributed by atoms with E-state index in [1.807, 2.05) is 22.7 Å². The number of amides is 2. The number of hydrogen-bond acceptors (Lipinski definition) is 3. The van der Waals surface area contributed by atoms with Crippen LogP contribution in [0.1, 0.15) is 36.4 Å². The minimum atomic E-state index is -0.0758. The van der Waals surface area contributed by atoms with Crippen LogP contribution in [0.5, 0.6) is 0 Å². The number of thioether (sulfide) groups is 1. The van der Waals surface area contributed by atoms with Gasteiger partial charge in [0.2, 0.25) is 11.8 Å². The summed E-state index contributed by atoms with van der Waals surface area (Å²) >= 11 is 1.82.